The Kier molecular flexibility index (Phi) is 4.21. The number of ether oxygens (including phenoxy) is 1. The van der Waals surface area contributed by atoms with Gasteiger partial charge in [-0.1, -0.05) is 42.5 Å². The highest BCUT2D eigenvalue weighted by Crippen LogP contribution is 2.15. The smallest absolute Gasteiger partial charge is 0.328 e. The second kappa shape index (κ2) is 6.28. The summed E-state index contributed by atoms with van der Waals surface area (Å²) >= 11 is 0. The van der Waals surface area contributed by atoms with Gasteiger partial charge in [0, 0.05) is 5.56 Å². The predicted molar refractivity (Wildman–Crippen MR) is 71.2 cm³/mol. The summed E-state index contributed by atoms with van der Waals surface area (Å²) in [5.74, 6) is 0.230. The summed E-state index contributed by atoms with van der Waals surface area (Å²) in [4.78, 5) is 14.2. The number of rotatable bonds is 5. The Morgan fingerprint density at radius 3 is 2.68 bits per heavy atom. The van der Waals surface area contributed by atoms with Crippen molar-refractivity contribution >= 4 is 12.0 Å². The minimum Gasteiger partial charge on any atom is -0.489 e. The molecule has 2 aromatic carbocycles. The summed E-state index contributed by atoms with van der Waals surface area (Å²) in [6, 6.07) is 16.5. The molecule has 0 aromatic heterocycles. The van der Waals surface area contributed by atoms with Crippen molar-refractivity contribution in [1.29, 1.82) is 0 Å². The standard InChI is InChI=1S/C15H12N2O2/c16-17-10-15(18)13-7-4-8-14(9-13)19-11-12-5-2-1-3-6-12/h1-10H,11H2. The Morgan fingerprint density at radius 2 is 1.95 bits per heavy atom. The molecule has 0 aliphatic rings. The number of ketones is 1. The number of carbonyl (C=O) groups is 1. The lowest BCUT2D eigenvalue weighted by Crippen LogP contribution is -2.02. The lowest BCUT2D eigenvalue weighted by atomic mass is 10.1. The van der Waals surface area contributed by atoms with Gasteiger partial charge in [0.25, 0.3) is 5.78 Å². The van der Waals surface area contributed by atoms with Crippen molar-refractivity contribution in [3.63, 3.8) is 0 Å². The Morgan fingerprint density at radius 1 is 1.16 bits per heavy atom. The van der Waals surface area contributed by atoms with Gasteiger partial charge < -0.3 is 10.3 Å². The van der Waals surface area contributed by atoms with Crippen LogP contribution < -0.4 is 4.74 Å². The summed E-state index contributed by atoms with van der Waals surface area (Å²) < 4.78 is 5.60. The molecule has 4 nitrogen and oxygen atoms in total. The molecule has 0 N–H and O–H groups in total. The van der Waals surface area contributed by atoms with Gasteiger partial charge in [-0.25, -0.2) is 0 Å². The van der Waals surface area contributed by atoms with Gasteiger partial charge in [0.15, 0.2) is 0 Å². The summed E-state index contributed by atoms with van der Waals surface area (Å²) in [7, 11) is 0. The minimum absolute atomic E-state index is 0.368. The maximum absolute atomic E-state index is 11.5. The molecule has 94 valence electrons. The molecule has 0 saturated heterocycles. The maximum Gasteiger partial charge on any atom is 0.328 e. The Labute approximate surface area is 110 Å². The van der Waals surface area contributed by atoms with Crippen LogP contribution >= 0.6 is 0 Å². The molecule has 0 aliphatic carbocycles. The fourth-order valence-electron chi connectivity index (χ4n) is 1.61. The Bertz CT molecular complexity index is 617. The van der Waals surface area contributed by atoms with Crippen LogP contribution in [0.25, 0.3) is 5.53 Å². The topological polar surface area (TPSA) is 62.7 Å². The first-order valence-corrected chi connectivity index (χ1v) is 5.78. The van der Waals surface area contributed by atoms with Gasteiger partial charge >= 0.3 is 6.21 Å². The molecule has 0 bridgehead atoms. The van der Waals surface area contributed by atoms with Gasteiger partial charge in [-0.15, -0.1) is 0 Å². The zero-order valence-corrected chi connectivity index (χ0v) is 10.2. The van der Waals surface area contributed by atoms with E-state index in [1.165, 1.54) is 0 Å². The lowest BCUT2D eigenvalue weighted by Gasteiger charge is -2.06. The number of carbonyl (C=O) groups excluding carboxylic acids is 1. The van der Waals surface area contributed by atoms with Gasteiger partial charge in [0.1, 0.15) is 12.4 Å². The molecule has 4 heteroatoms. The van der Waals surface area contributed by atoms with E-state index in [-0.39, 0.29) is 5.78 Å². The third kappa shape index (κ3) is 3.63. The van der Waals surface area contributed by atoms with E-state index in [0.717, 1.165) is 11.8 Å². The fraction of sp³-hybridized carbons (Fsp3) is 0.0667. The van der Waals surface area contributed by atoms with E-state index >= 15 is 0 Å². The van der Waals surface area contributed by atoms with Crippen molar-refractivity contribution in [2.45, 2.75) is 6.61 Å². The zero-order valence-electron chi connectivity index (χ0n) is 10.2. The molecule has 0 amide bonds. The van der Waals surface area contributed by atoms with Crippen LogP contribution in [-0.2, 0) is 6.61 Å². The van der Waals surface area contributed by atoms with Crippen LogP contribution in [-0.4, -0.2) is 16.8 Å². The molecular formula is C15H12N2O2. The van der Waals surface area contributed by atoms with Crippen LogP contribution in [0.2, 0.25) is 0 Å². The summed E-state index contributed by atoms with van der Waals surface area (Å²) in [6.45, 7) is 0.437. The molecular weight excluding hydrogens is 240 g/mol. The molecule has 2 rings (SSSR count). The molecule has 0 unspecified atom stereocenters. The quantitative estimate of drug-likeness (QED) is 0.355. The predicted octanol–water partition coefficient (Wildman–Crippen LogP) is 2.75. The van der Waals surface area contributed by atoms with E-state index in [4.69, 9.17) is 10.3 Å². The zero-order chi connectivity index (χ0) is 13.5. The first-order chi connectivity index (χ1) is 9.29. The lowest BCUT2D eigenvalue weighted by molar-refractivity contribution is 0.00234. The fourth-order valence-corrected chi connectivity index (χ4v) is 1.61. The van der Waals surface area contributed by atoms with Crippen LogP contribution in [0.15, 0.2) is 54.6 Å². The van der Waals surface area contributed by atoms with E-state index in [2.05, 4.69) is 4.79 Å². The second-order valence-corrected chi connectivity index (χ2v) is 3.91. The van der Waals surface area contributed by atoms with Crippen molar-refractivity contribution in [3.8, 4) is 5.75 Å². The summed E-state index contributed by atoms with van der Waals surface area (Å²) in [5, 5.41) is 0. The minimum atomic E-state index is -0.368. The second-order valence-electron chi connectivity index (χ2n) is 3.91. The number of benzene rings is 2. The van der Waals surface area contributed by atoms with E-state index in [0.29, 0.717) is 17.9 Å². The summed E-state index contributed by atoms with van der Waals surface area (Å²) in [6.07, 6.45) is 0.857. The monoisotopic (exact) mass is 252 g/mol. The van der Waals surface area contributed by atoms with Gasteiger partial charge in [-0.2, -0.15) is 4.79 Å². The first-order valence-electron chi connectivity index (χ1n) is 5.78. The van der Waals surface area contributed by atoms with Gasteiger partial charge in [0.05, 0.1) is 0 Å². The van der Waals surface area contributed by atoms with Crippen LogP contribution in [0.5, 0.6) is 5.75 Å². The molecule has 0 radical (unpaired) electrons. The molecule has 0 aliphatic heterocycles. The van der Waals surface area contributed by atoms with Crippen LogP contribution in [0.4, 0.5) is 0 Å². The first kappa shape index (κ1) is 12.7. The molecule has 0 spiro atoms. The van der Waals surface area contributed by atoms with Crippen molar-refractivity contribution in [2.24, 2.45) is 0 Å². The highest BCUT2D eigenvalue weighted by molar-refractivity contribution is 6.33. The van der Waals surface area contributed by atoms with E-state index in [9.17, 15) is 4.79 Å². The van der Waals surface area contributed by atoms with Crippen molar-refractivity contribution < 1.29 is 14.3 Å². The SMILES string of the molecule is [N-]=[N+]=CC(=O)c1cccc(OCc2ccccc2)c1. The third-order valence-corrected chi connectivity index (χ3v) is 2.54. The molecule has 0 heterocycles. The van der Waals surface area contributed by atoms with Crippen molar-refractivity contribution in [3.05, 3.63) is 71.3 Å². The van der Waals surface area contributed by atoms with Crippen LogP contribution in [0.3, 0.4) is 0 Å². The number of hydrogen-bond donors (Lipinski definition) is 0. The molecule has 2 aromatic rings. The van der Waals surface area contributed by atoms with E-state index in [1.54, 1.807) is 24.3 Å². The largest absolute Gasteiger partial charge is 0.489 e. The number of Topliss-reactive ketones (excluding diaryl/α,β-unsaturated/α-hetero) is 1. The van der Waals surface area contributed by atoms with Gasteiger partial charge in [0.2, 0.25) is 0 Å². The Balaban J connectivity index is 2.07. The van der Waals surface area contributed by atoms with Crippen molar-refractivity contribution in [2.75, 3.05) is 0 Å². The average molecular weight is 252 g/mol. The van der Waals surface area contributed by atoms with Gasteiger partial charge in [-0.05, 0) is 17.7 Å². The number of nitrogens with zero attached hydrogens (tertiary/aromatic N) is 2. The van der Waals surface area contributed by atoms with Crippen LogP contribution in [0, 0.1) is 0 Å². The maximum atomic E-state index is 11.5. The van der Waals surface area contributed by atoms with Crippen molar-refractivity contribution in [1.82, 2.24) is 0 Å². The summed E-state index contributed by atoms with van der Waals surface area (Å²) in [5.41, 5.74) is 9.81. The molecule has 19 heavy (non-hydrogen) atoms. The molecule has 0 atom stereocenters. The molecule has 0 fully saturated rings. The number of hydrogen-bond acceptors (Lipinski definition) is 2. The normalized spacial score (nSPS) is 9.47. The highest BCUT2D eigenvalue weighted by atomic mass is 16.5. The van der Waals surface area contributed by atoms with Crippen LogP contribution in [0.1, 0.15) is 15.9 Å². The highest BCUT2D eigenvalue weighted by Gasteiger charge is 2.07. The average Bonchev–Trinajstić information content (AvgIpc) is 2.47. The third-order valence-electron chi connectivity index (χ3n) is 2.54. The molecule has 0 saturated carbocycles. The van der Waals surface area contributed by atoms with Gasteiger partial charge in [-0.3, -0.25) is 4.79 Å². The van der Waals surface area contributed by atoms with E-state index < -0.39 is 0 Å². The Hall–Kier alpha value is -2.71. The van der Waals surface area contributed by atoms with E-state index in [1.807, 2.05) is 30.3 Å².